The molecule has 0 radical (unpaired) electrons. The lowest BCUT2D eigenvalue weighted by molar-refractivity contribution is -0.152. The summed E-state index contributed by atoms with van der Waals surface area (Å²) in [6.07, 6.45) is 4.96. The number of carbonyl (C=O) groups is 2. The Kier molecular flexibility index (Phi) is 2.15. The van der Waals surface area contributed by atoms with E-state index in [1.54, 1.807) is 0 Å². The number of rotatable bonds is 0. The molecule has 0 N–H and O–H groups in total. The first-order chi connectivity index (χ1) is 8.99. The number of carbonyl (C=O) groups excluding carboxylic acids is 2. The summed E-state index contributed by atoms with van der Waals surface area (Å²) >= 11 is 0. The molecule has 4 fully saturated rings. The Morgan fingerprint density at radius 1 is 1.26 bits per heavy atom. The fraction of sp³-hybridized carbons (Fsp3) is 0.875. The Morgan fingerprint density at radius 2 is 2.05 bits per heavy atom. The number of ether oxygens (including phenoxy) is 1. The van der Waals surface area contributed by atoms with Crippen molar-refractivity contribution in [1.82, 2.24) is 0 Å². The summed E-state index contributed by atoms with van der Waals surface area (Å²) in [5.41, 5.74) is -0.181. The van der Waals surface area contributed by atoms with E-state index in [0.717, 1.165) is 12.8 Å². The van der Waals surface area contributed by atoms with Crippen molar-refractivity contribution in [3.63, 3.8) is 0 Å². The lowest BCUT2D eigenvalue weighted by Crippen LogP contribution is -2.46. The third-order valence-electron chi connectivity index (χ3n) is 6.85. The molecule has 0 amide bonds. The number of ketones is 1. The van der Waals surface area contributed by atoms with Crippen LogP contribution in [0.25, 0.3) is 0 Å². The van der Waals surface area contributed by atoms with Crippen LogP contribution in [0.1, 0.15) is 46.0 Å². The van der Waals surface area contributed by atoms with Gasteiger partial charge in [0.1, 0.15) is 12.4 Å². The molecule has 4 rings (SSSR count). The molecule has 3 saturated carbocycles. The van der Waals surface area contributed by atoms with Gasteiger partial charge in [-0.1, -0.05) is 13.8 Å². The van der Waals surface area contributed by atoms with E-state index in [1.807, 2.05) is 0 Å². The van der Waals surface area contributed by atoms with Gasteiger partial charge in [-0.3, -0.25) is 9.59 Å². The smallest absolute Gasteiger partial charge is 0.313 e. The zero-order valence-corrected chi connectivity index (χ0v) is 11.8. The van der Waals surface area contributed by atoms with E-state index in [1.165, 1.54) is 12.8 Å². The van der Waals surface area contributed by atoms with Crippen LogP contribution in [-0.4, -0.2) is 18.4 Å². The molecule has 1 saturated heterocycles. The number of esters is 1. The van der Waals surface area contributed by atoms with Crippen molar-refractivity contribution in [3.05, 3.63) is 0 Å². The van der Waals surface area contributed by atoms with Gasteiger partial charge in [-0.15, -0.1) is 0 Å². The standard InChI is InChI=1S/C16H22O3/c1-9-5-6-15(2)8-16-10(13(9)15)3-4-12(17)11(16)7-19-14(16)18/h9-11,13H,3-8H2,1-2H3/t9-,10-,11+,13+,15?,16+/m0/s1. The molecule has 1 spiro atoms. The molecule has 3 nitrogen and oxygen atoms in total. The molecule has 104 valence electrons. The van der Waals surface area contributed by atoms with Crippen molar-refractivity contribution >= 4 is 11.8 Å². The topological polar surface area (TPSA) is 43.4 Å². The Morgan fingerprint density at radius 3 is 2.84 bits per heavy atom. The molecular weight excluding hydrogens is 240 g/mol. The summed E-state index contributed by atoms with van der Waals surface area (Å²) in [6, 6.07) is 0. The normalized spacial score (nSPS) is 55.7. The maximum Gasteiger partial charge on any atom is 0.313 e. The van der Waals surface area contributed by atoms with E-state index >= 15 is 0 Å². The average molecular weight is 262 g/mol. The van der Waals surface area contributed by atoms with Crippen molar-refractivity contribution in [1.29, 1.82) is 0 Å². The van der Waals surface area contributed by atoms with Crippen LogP contribution >= 0.6 is 0 Å². The predicted molar refractivity (Wildman–Crippen MR) is 69.2 cm³/mol. The van der Waals surface area contributed by atoms with Crippen molar-refractivity contribution in [2.24, 2.45) is 34.5 Å². The Labute approximate surface area is 114 Å². The third kappa shape index (κ3) is 1.20. The number of Topliss-reactive ketones (excluding diaryl/α,β-unsaturated/α-hetero) is 1. The second kappa shape index (κ2) is 3.42. The highest BCUT2D eigenvalue weighted by molar-refractivity contribution is 5.93. The molecule has 0 bridgehead atoms. The van der Waals surface area contributed by atoms with Crippen LogP contribution in [0.3, 0.4) is 0 Å². The predicted octanol–water partition coefficient (Wildman–Crippen LogP) is 2.58. The fourth-order valence-electron chi connectivity index (χ4n) is 6.28. The largest absolute Gasteiger partial charge is 0.464 e. The highest BCUT2D eigenvalue weighted by atomic mass is 16.5. The Hall–Kier alpha value is -0.860. The van der Waals surface area contributed by atoms with Gasteiger partial charge in [0.15, 0.2) is 0 Å². The quantitative estimate of drug-likeness (QED) is 0.630. The molecular formula is C16H22O3. The summed E-state index contributed by atoms with van der Waals surface area (Å²) in [5, 5.41) is 0. The molecule has 1 heterocycles. The maximum atomic E-state index is 12.5. The lowest BCUT2D eigenvalue weighted by atomic mass is 9.60. The van der Waals surface area contributed by atoms with Crippen LogP contribution in [0.15, 0.2) is 0 Å². The zero-order valence-electron chi connectivity index (χ0n) is 11.8. The van der Waals surface area contributed by atoms with Crippen LogP contribution in [0, 0.1) is 34.5 Å². The fourth-order valence-corrected chi connectivity index (χ4v) is 6.28. The molecule has 3 aliphatic carbocycles. The highest BCUT2D eigenvalue weighted by Crippen LogP contribution is 2.71. The van der Waals surface area contributed by atoms with E-state index in [-0.39, 0.29) is 23.1 Å². The SMILES string of the molecule is C[C@H]1CCC2(C)C[C@]34C(=O)OC[C@@H]3C(=O)CC[C@H]4[C@@H]12. The Bertz CT molecular complexity index is 471. The van der Waals surface area contributed by atoms with Crippen LogP contribution in [0.2, 0.25) is 0 Å². The Balaban J connectivity index is 1.85. The summed E-state index contributed by atoms with van der Waals surface area (Å²) in [5.74, 6) is 1.79. The van der Waals surface area contributed by atoms with E-state index in [2.05, 4.69) is 13.8 Å². The average Bonchev–Trinajstić information content (AvgIpc) is 2.92. The van der Waals surface area contributed by atoms with E-state index in [4.69, 9.17) is 4.74 Å². The van der Waals surface area contributed by atoms with Gasteiger partial charge < -0.3 is 4.74 Å². The molecule has 1 aliphatic heterocycles. The zero-order chi connectivity index (χ0) is 13.4. The first-order valence-electron chi connectivity index (χ1n) is 7.69. The second-order valence-corrected chi connectivity index (χ2v) is 7.68. The minimum atomic E-state index is -0.441. The van der Waals surface area contributed by atoms with Gasteiger partial charge in [0.05, 0.1) is 11.3 Å². The summed E-state index contributed by atoms with van der Waals surface area (Å²) in [7, 11) is 0. The van der Waals surface area contributed by atoms with E-state index in [0.29, 0.717) is 30.8 Å². The molecule has 1 unspecified atom stereocenters. The summed E-state index contributed by atoms with van der Waals surface area (Å²) in [4.78, 5) is 24.7. The van der Waals surface area contributed by atoms with E-state index in [9.17, 15) is 9.59 Å². The first kappa shape index (κ1) is 11.9. The molecule has 0 aromatic heterocycles. The second-order valence-electron chi connectivity index (χ2n) is 7.68. The van der Waals surface area contributed by atoms with Gasteiger partial charge in [-0.25, -0.2) is 0 Å². The molecule has 6 atom stereocenters. The molecule has 4 aliphatic rings. The van der Waals surface area contributed by atoms with Crippen molar-refractivity contribution in [2.75, 3.05) is 6.61 Å². The molecule has 19 heavy (non-hydrogen) atoms. The minimum Gasteiger partial charge on any atom is -0.464 e. The van der Waals surface area contributed by atoms with E-state index < -0.39 is 5.41 Å². The minimum absolute atomic E-state index is 0.0571. The van der Waals surface area contributed by atoms with Gasteiger partial charge >= 0.3 is 5.97 Å². The number of cyclic esters (lactones) is 1. The van der Waals surface area contributed by atoms with Gasteiger partial charge in [-0.05, 0) is 48.9 Å². The molecule has 0 aromatic rings. The highest BCUT2D eigenvalue weighted by Gasteiger charge is 2.72. The van der Waals surface area contributed by atoms with Gasteiger partial charge in [0.25, 0.3) is 0 Å². The van der Waals surface area contributed by atoms with Gasteiger partial charge in [0, 0.05) is 6.42 Å². The summed E-state index contributed by atoms with van der Waals surface area (Å²) in [6.45, 7) is 5.04. The number of hydrogen-bond acceptors (Lipinski definition) is 3. The van der Waals surface area contributed by atoms with Gasteiger partial charge in [-0.2, -0.15) is 0 Å². The van der Waals surface area contributed by atoms with Crippen molar-refractivity contribution < 1.29 is 14.3 Å². The van der Waals surface area contributed by atoms with Crippen LogP contribution < -0.4 is 0 Å². The number of hydrogen-bond donors (Lipinski definition) is 0. The summed E-state index contributed by atoms with van der Waals surface area (Å²) < 4.78 is 5.36. The monoisotopic (exact) mass is 262 g/mol. The first-order valence-corrected chi connectivity index (χ1v) is 7.69. The molecule has 3 heteroatoms. The van der Waals surface area contributed by atoms with Crippen LogP contribution in [0.5, 0.6) is 0 Å². The molecule has 0 aromatic carbocycles. The number of fused-ring (bicyclic) bond motifs is 2. The third-order valence-corrected chi connectivity index (χ3v) is 6.85. The maximum absolute atomic E-state index is 12.5. The van der Waals surface area contributed by atoms with Crippen molar-refractivity contribution in [2.45, 2.75) is 46.0 Å². The van der Waals surface area contributed by atoms with Crippen LogP contribution in [0.4, 0.5) is 0 Å². The van der Waals surface area contributed by atoms with Gasteiger partial charge in [0.2, 0.25) is 0 Å². The van der Waals surface area contributed by atoms with Crippen molar-refractivity contribution in [3.8, 4) is 0 Å². The lowest BCUT2D eigenvalue weighted by Gasteiger charge is -2.39. The van der Waals surface area contributed by atoms with Crippen LogP contribution in [-0.2, 0) is 14.3 Å².